The van der Waals surface area contributed by atoms with Gasteiger partial charge >= 0.3 is 5.97 Å². The quantitative estimate of drug-likeness (QED) is 0.700. The summed E-state index contributed by atoms with van der Waals surface area (Å²) in [4.78, 5) is 14.7. The molecule has 3 N–H and O–H groups in total. The Bertz CT molecular complexity index is 377. The third-order valence-corrected chi connectivity index (χ3v) is 2.18. The summed E-state index contributed by atoms with van der Waals surface area (Å²) in [5, 5.41) is 20.8. The van der Waals surface area contributed by atoms with Crippen LogP contribution in [0.25, 0.3) is 0 Å². The number of nitrogens with one attached hydrogen (secondary N) is 1. The van der Waals surface area contributed by atoms with Crippen molar-refractivity contribution >= 4 is 11.8 Å². The zero-order valence-corrected chi connectivity index (χ0v) is 9.40. The van der Waals surface area contributed by atoms with Gasteiger partial charge in [0.25, 0.3) is 0 Å². The number of aliphatic hydroxyl groups is 1. The fourth-order valence-corrected chi connectivity index (χ4v) is 1.05. The lowest BCUT2D eigenvalue weighted by Crippen LogP contribution is -2.27. The summed E-state index contributed by atoms with van der Waals surface area (Å²) in [5.74, 6) is -0.478. The molecule has 0 aliphatic rings. The molecule has 1 aromatic rings. The normalized spacial score (nSPS) is 11.2. The summed E-state index contributed by atoms with van der Waals surface area (Å²) in [7, 11) is 0. The first-order chi connectivity index (χ1) is 7.44. The molecule has 16 heavy (non-hydrogen) atoms. The molecule has 5 nitrogen and oxygen atoms in total. The van der Waals surface area contributed by atoms with Gasteiger partial charge in [0, 0.05) is 24.8 Å². The van der Waals surface area contributed by atoms with E-state index in [4.69, 9.17) is 10.2 Å². The Morgan fingerprint density at radius 2 is 2.25 bits per heavy atom. The number of anilines is 1. The number of carboxylic acids is 1. The predicted octanol–water partition coefficient (Wildman–Crippen LogP) is 1.21. The van der Waals surface area contributed by atoms with Gasteiger partial charge in [-0.25, -0.2) is 9.78 Å². The molecule has 0 aliphatic carbocycles. The van der Waals surface area contributed by atoms with Gasteiger partial charge in [-0.3, -0.25) is 0 Å². The van der Waals surface area contributed by atoms with Gasteiger partial charge in [0.2, 0.25) is 0 Å². The zero-order valence-electron chi connectivity index (χ0n) is 9.40. The molecule has 0 fully saturated rings. The fourth-order valence-electron chi connectivity index (χ4n) is 1.05. The van der Waals surface area contributed by atoms with Crippen LogP contribution in [-0.4, -0.2) is 34.3 Å². The lowest BCUT2D eigenvalue weighted by atomic mass is 9.95. The number of aromatic carboxylic acids is 1. The standard InChI is InChI=1S/C11H16N2O3/c1-11(2,7-14)6-13-9-5-8(10(15)16)3-4-12-9/h3-5,14H,6-7H2,1-2H3,(H,12,13)(H,15,16). The Hall–Kier alpha value is -1.62. The minimum atomic E-state index is -0.980. The Balaban J connectivity index is 2.68. The van der Waals surface area contributed by atoms with E-state index < -0.39 is 5.97 Å². The van der Waals surface area contributed by atoms with Crippen molar-refractivity contribution < 1.29 is 15.0 Å². The highest BCUT2D eigenvalue weighted by Gasteiger charge is 2.16. The summed E-state index contributed by atoms with van der Waals surface area (Å²) in [6.07, 6.45) is 1.44. The van der Waals surface area contributed by atoms with Crippen molar-refractivity contribution in [2.45, 2.75) is 13.8 Å². The summed E-state index contributed by atoms with van der Waals surface area (Å²) in [6, 6.07) is 2.90. The van der Waals surface area contributed by atoms with Gasteiger partial charge in [0.15, 0.2) is 0 Å². The second kappa shape index (κ2) is 4.94. The Morgan fingerprint density at radius 3 is 2.81 bits per heavy atom. The van der Waals surface area contributed by atoms with Crippen LogP contribution >= 0.6 is 0 Å². The fraction of sp³-hybridized carbons (Fsp3) is 0.455. The molecule has 0 radical (unpaired) electrons. The number of carbonyl (C=O) groups is 1. The van der Waals surface area contributed by atoms with Crippen molar-refractivity contribution in [2.24, 2.45) is 5.41 Å². The maximum atomic E-state index is 10.7. The third kappa shape index (κ3) is 3.51. The number of aliphatic hydroxyl groups excluding tert-OH is 1. The van der Waals surface area contributed by atoms with Gasteiger partial charge in [0.1, 0.15) is 5.82 Å². The van der Waals surface area contributed by atoms with Gasteiger partial charge in [-0.05, 0) is 12.1 Å². The maximum Gasteiger partial charge on any atom is 0.335 e. The van der Waals surface area contributed by atoms with Crippen molar-refractivity contribution in [1.82, 2.24) is 4.98 Å². The molecular formula is C11H16N2O3. The molecule has 0 aromatic carbocycles. The summed E-state index contributed by atoms with van der Waals surface area (Å²) < 4.78 is 0. The first kappa shape index (κ1) is 12.4. The summed E-state index contributed by atoms with van der Waals surface area (Å²) >= 11 is 0. The highest BCUT2D eigenvalue weighted by Crippen LogP contribution is 2.15. The predicted molar refractivity (Wildman–Crippen MR) is 60.6 cm³/mol. The van der Waals surface area contributed by atoms with E-state index in [1.165, 1.54) is 18.3 Å². The van der Waals surface area contributed by atoms with E-state index in [0.29, 0.717) is 12.4 Å². The van der Waals surface area contributed by atoms with E-state index in [-0.39, 0.29) is 17.6 Å². The van der Waals surface area contributed by atoms with Gasteiger partial charge in [-0.2, -0.15) is 0 Å². The van der Waals surface area contributed by atoms with Crippen molar-refractivity contribution in [2.75, 3.05) is 18.5 Å². The molecule has 0 saturated carbocycles. The zero-order chi connectivity index (χ0) is 12.2. The van der Waals surface area contributed by atoms with Gasteiger partial charge in [0.05, 0.1) is 5.56 Å². The SMILES string of the molecule is CC(C)(CO)CNc1cc(C(=O)O)ccn1. The van der Waals surface area contributed by atoms with E-state index in [0.717, 1.165) is 0 Å². The van der Waals surface area contributed by atoms with Gasteiger partial charge in [-0.1, -0.05) is 13.8 Å². The summed E-state index contributed by atoms with van der Waals surface area (Å²) in [5.41, 5.74) is -0.0692. The van der Waals surface area contributed by atoms with E-state index in [1.807, 2.05) is 13.8 Å². The van der Waals surface area contributed by atoms with E-state index >= 15 is 0 Å². The molecule has 0 amide bonds. The third-order valence-electron chi connectivity index (χ3n) is 2.18. The van der Waals surface area contributed by atoms with E-state index in [1.54, 1.807) is 0 Å². The molecule has 1 heterocycles. The molecule has 88 valence electrons. The highest BCUT2D eigenvalue weighted by molar-refractivity contribution is 5.88. The largest absolute Gasteiger partial charge is 0.478 e. The van der Waals surface area contributed by atoms with Crippen LogP contribution in [0.3, 0.4) is 0 Å². The smallest absolute Gasteiger partial charge is 0.335 e. The topological polar surface area (TPSA) is 82.5 Å². The number of hydrogen-bond donors (Lipinski definition) is 3. The number of carboxylic acid groups (broad SMARTS) is 1. The van der Waals surface area contributed by atoms with Crippen LogP contribution in [0.15, 0.2) is 18.3 Å². The number of pyridine rings is 1. The van der Waals surface area contributed by atoms with Crippen molar-refractivity contribution in [3.63, 3.8) is 0 Å². The number of nitrogens with zero attached hydrogens (tertiary/aromatic N) is 1. The van der Waals surface area contributed by atoms with Crippen molar-refractivity contribution in [1.29, 1.82) is 0 Å². The first-order valence-corrected chi connectivity index (χ1v) is 4.99. The minimum absolute atomic E-state index is 0.0542. The molecule has 0 saturated heterocycles. The van der Waals surface area contributed by atoms with Crippen molar-refractivity contribution in [3.05, 3.63) is 23.9 Å². The van der Waals surface area contributed by atoms with Crippen LogP contribution in [0.1, 0.15) is 24.2 Å². The summed E-state index contributed by atoms with van der Waals surface area (Å²) in [6.45, 7) is 4.39. The molecule has 1 aromatic heterocycles. The monoisotopic (exact) mass is 224 g/mol. The van der Waals surface area contributed by atoms with Crippen LogP contribution in [0.2, 0.25) is 0 Å². The first-order valence-electron chi connectivity index (χ1n) is 4.99. The Kier molecular flexibility index (Phi) is 3.84. The number of rotatable bonds is 5. The second-order valence-corrected chi connectivity index (χ2v) is 4.41. The molecular weight excluding hydrogens is 208 g/mol. The molecule has 1 rings (SSSR count). The molecule has 0 atom stereocenters. The van der Waals surface area contributed by atoms with Gasteiger partial charge in [-0.15, -0.1) is 0 Å². The van der Waals surface area contributed by atoms with E-state index in [9.17, 15) is 4.79 Å². The number of aromatic nitrogens is 1. The lowest BCUT2D eigenvalue weighted by Gasteiger charge is -2.22. The van der Waals surface area contributed by atoms with Crippen LogP contribution < -0.4 is 5.32 Å². The van der Waals surface area contributed by atoms with Crippen molar-refractivity contribution in [3.8, 4) is 0 Å². The second-order valence-electron chi connectivity index (χ2n) is 4.41. The molecule has 0 aliphatic heterocycles. The van der Waals surface area contributed by atoms with Crippen LogP contribution in [-0.2, 0) is 0 Å². The Labute approximate surface area is 94.1 Å². The van der Waals surface area contributed by atoms with E-state index in [2.05, 4.69) is 10.3 Å². The van der Waals surface area contributed by atoms with Crippen LogP contribution in [0.5, 0.6) is 0 Å². The maximum absolute atomic E-state index is 10.7. The average molecular weight is 224 g/mol. The highest BCUT2D eigenvalue weighted by atomic mass is 16.4. The number of hydrogen-bond acceptors (Lipinski definition) is 4. The van der Waals surface area contributed by atoms with Crippen LogP contribution in [0, 0.1) is 5.41 Å². The Morgan fingerprint density at radius 1 is 1.56 bits per heavy atom. The lowest BCUT2D eigenvalue weighted by molar-refractivity contribution is 0.0697. The molecule has 0 bridgehead atoms. The van der Waals surface area contributed by atoms with Gasteiger partial charge < -0.3 is 15.5 Å². The molecule has 5 heteroatoms. The van der Waals surface area contributed by atoms with Crippen LogP contribution in [0.4, 0.5) is 5.82 Å². The molecule has 0 unspecified atom stereocenters. The average Bonchev–Trinajstić information content (AvgIpc) is 2.27. The molecule has 0 spiro atoms. The minimum Gasteiger partial charge on any atom is -0.478 e.